The highest BCUT2D eigenvalue weighted by atomic mass is 16.1. The average Bonchev–Trinajstić information content (AvgIpc) is 3.35. The highest BCUT2D eigenvalue weighted by Crippen LogP contribution is 2.29. The van der Waals surface area contributed by atoms with E-state index in [9.17, 15) is 4.79 Å². The van der Waals surface area contributed by atoms with E-state index in [1.165, 1.54) is 0 Å². The number of nitrogens with zero attached hydrogens (tertiary/aromatic N) is 3. The SMILES string of the molecule is C[C@H](C(=O)c1nc2cc3c(-c4ccncc4)n[nH]c3cc2[nH]1)c1ccccc1. The van der Waals surface area contributed by atoms with Gasteiger partial charge in [0, 0.05) is 29.3 Å². The van der Waals surface area contributed by atoms with Crippen LogP contribution in [0.15, 0.2) is 67.0 Å². The quantitative estimate of drug-likeness (QED) is 0.458. The highest BCUT2D eigenvalue weighted by molar-refractivity contribution is 6.04. The van der Waals surface area contributed by atoms with Crippen LogP contribution in [-0.2, 0) is 0 Å². The predicted octanol–water partition coefficient (Wildman–Crippen LogP) is 4.49. The van der Waals surface area contributed by atoms with E-state index in [0.717, 1.165) is 38.8 Å². The number of aromatic nitrogens is 5. The molecule has 0 amide bonds. The van der Waals surface area contributed by atoms with E-state index in [1.807, 2.05) is 61.5 Å². The number of Topliss-reactive ketones (excluding diaryl/α,β-unsaturated/α-hetero) is 1. The third-order valence-electron chi connectivity index (χ3n) is 5.04. The molecular weight excluding hydrogens is 350 g/mol. The van der Waals surface area contributed by atoms with Gasteiger partial charge in [0.2, 0.25) is 5.78 Å². The average molecular weight is 367 g/mol. The number of hydrogen-bond donors (Lipinski definition) is 2. The van der Waals surface area contributed by atoms with E-state index < -0.39 is 0 Å². The zero-order chi connectivity index (χ0) is 19.1. The molecule has 0 aliphatic heterocycles. The van der Waals surface area contributed by atoms with Crippen molar-refractivity contribution in [3.63, 3.8) is 0 Å². The van der Waals surface area contributed by atoms with Gasteiger partial charge in [-0.05, 0) is 29.8 Å². The number of aromatic amines is 2. The van der Waals surface area contributed by atoms with E-state index >= 15 is 0 Å². The van der Waals surface area contributed by atoms with E-state index in [2.05, 4.69) is 25.1 Å². The first-order chi connectivity index (χ1) is 13.7. The summed E-state index contributed by atoms with van der Waals surface area (Å²) in [7, 11) is 0. The van der Waals surface area contributed by atoms with Crippen LogP contribution >= 0.6 is 0 Å². The minimum Gasteiger partial charge on any atom is -0.335 e. The number of carbonyl (C=O) groups is 1. The van der Waals surface area contributed by atoms with Crippen LogP contribution in [0.3, 0.4) is 0 Å². The van der Waals surface area contributed by atoms with Crippen molar-refractivity contribution in [1.29, 1.82) is 0 Å². The molecule has 6 nitrogen and oxygen atoms in total. The number of hydrogen-bond acceptors (Lipinski definition) is 4. The molecule has 0 spiro atoms. The maximum Gasteiger partial charge on any atom is 0.205 e. The summed E-state index contributed by atoms with van der Waals surface area (Å²) in [5.74, 6) is 0.0802. The zero-order valence-corrected chi connectivity index (χ0v) is 15.2. The summed E-state index contributed by atoms with van der Waals surface area (Å²) in [5, 5.41) is 8.45. The standard InChI is InChI=1S/C22H17N5O/c1-13(14-5-3-2-4-6-14)21(28)22-24-18-11-16-17(12-19(18)25-22)26-27-20(16)15-7-9-23-10-8-15/h2-13H,1H3,(H,24,25)(H,26,27)/t13-/m0/s1. The largest absolute Gasteiger partial charge is 0.335 e. The Hall–Kier alpha value is -3.80. The first kappa shape index (κ1) is 16.4. The minimum absolute atomic E-state index is 0.0291. The molecule has 0 saturated carbocycles. The number of ketones is 1. The molecule has 1 atom stereocenters. The molecule has 6 heteroatoms. The van der Waals surface area contributed by atoms with Gasteiger partial charge >= 0.3 is 0 Å². The summed E-state index contributed by atoms with van der Waals surface area (Å²) >= 11 is 0. The number of imidazole rings is 1. The summed E-state index contributed by atoms with van der Waals surface area (Å²) in [6.45, 7) is 1.90. The normalized spacial score (nSPS) is 12.5. The molecular formula is C22H17N5O. The summed E-state index contributed by atoms with van der Waals surface area (Å²) in [6, 6.07) is 17.5. The Morgan fingerprint density at radius 1 is 1.00 bits per heavy atom. The lowest BCUT2D eigenvalue weighted by atomic mass is 9.96. The zero-order valence-electron chi connectivity index (χ0n) is 15.2. The van der Waals surface area contributed by atoms with Crippen molar-refractivity contribution in [3.05, 3.63) is 78.4 Å². The second-order valence-electron chi connectivity index (χ2n) is 6.81. The van der Waals surface area contributed by atoms with Crippen LogP contribution in [0.4, 0.5) is 0 Å². The lowest BCUT2D eigenvalue weighted by molar-refractivity contribution is 0.0957. The van der Waals surface area contributed by atoms with Crippen molar-refractivity contribution >= 4 is 27.7 Å². The molecule has 2 aromatic carbocycles. The van der Waals surface area contributed by atoms with Crippen molar-refractivity contribution in [3.8, 4) is 11.3 Å². The van der Waals surface area contributed by atoms with E-state index in [1.54, 1.807) is 12.4 Å². The number of pyridine rings is 1. The van der Waals surface area contributed by atoms with Gasteiger partial charge in [0.15, 0.2) is 5.82 Å². The van der Waals surface area contributed by atoms with Gasteiger partial charge in [-0.15, -0.1) is 0 Å². The van der Waals surface area contributed by atoms with Gasteiger partial charge in [-0.1, -0.05) is 37.3 Å². The number of nitrogens with one attached hydrogen (secondary N) is 2. The first-order valence-corrected chi connectivity index (χ1v) is 9.08. The lowest BCUT2D eigenvalue weighted by Gasteiger charge is -2.08. The Morgan fingerprint density at radius 3 is 2.57 bits per heavy atom. The lowest BCUT2D eigenvalue weighted by Crippen LogP contribution is -2.11. The first-order valence-electron chi connectivity index (χ1n) is 9.08. The van der Waals surface area contributed by atoms with Gasteiger partial charge in [0.1, 0.15) is 5.69 Å². The molecule has 0 bridgehead atoms. The minimum atomic E-state index is -0.263. The number of H-pyrrole nitrogens is 2. The molecule has 3 heterocycles. The Labute approximate surface area is 160 Å². The summed E-state index contributed by atoms with van der Waals surface area (Å²) in [6.07, 6.45) is 3.48. The van der Waals surface area contributed by atoms with Gasteiger partial charge in [0.25, 0.3) is 0 Å². The summed E-state index contributed by atoms with van der Waals surface area (Å²) in [5.41, 5.74) is 5.23. The smallest absolute Gasteiger partial charge is 0.205 e. The summed E-state index contributed by atoms with van der Waals surface area (Å²) < 4.78 is 0. The third-order valence-corrected chi connectivity index (χ3v) is 5.04. The van der Waals surface area contributed by atoms with Crippen LogP contribution in [0.1, 0.15) is 29.0 Å². The molecule has 0 unspecified atom stereocenters. The Bertz CT molecular complexity index is 1290. The van der Waals surface area contributed by atoms with Crippen molar-refractivity contribution in [2.24, 2.45) is 0 Å². The molecule has 0 aliphatic carbocycles. The van der Waals surface area contributed by atoms with Crippen LogP contribution < -0.4 is 0 Å². The molecule has 3 aromatic heterocycles. The van der Waals surface area contributed by atoms with Gasteiger partial charge in [-0.2, -0.15) is 5.10 Å². The van der Waals surface area contributed by atoms with E-state index in [4.69, 9.17) is 0 Å². The number of rotatable bonds is 4. The van der Waals surface area contributed by atoms with Gasteiger partial charge < -0.3 is 4.98 Å². The van der Waals surface area contributed by atoms with Crippen molar-refractivity contribution in [2.45, 2.75) is 12.8 Å². The fraction of sp³-hybridized carbons (Fsp3) is 0.0909. The Morgan fingerprint density at radius 2 is 1.79 bits per heavy atom. The van der Waals surface area contributed by atoms with E-state index in [0.29, 0.717) is 5.82 Å². The fourth-order valence-corrected chi connectivity index (χ4v) is 3.47. The van der Waals surface area contributed by atoms with Crippen LogP contribution in [0.2, 0.25) is 0 Å². The van der Waals surface area contributed by atoms with Crippen LogP contribution in [0.5, 0.6) is 0 Å². The molecule has 5 aromatic rings. The topological polar surface area (TPSA) is 87.3 Å². The van der Waals surface area contributed by atoms with Crippen LogP contribution in [-0.4, -0.2) is 30.9 Å². The van der Waals surface area contributed by atoms with Crippen molar-refractivity contribution in [2.75, 3.05) is 0 Å². The maximum atomic E-state index is 12.9. The number of fused-ring (bicyclic) bond motifs is 2. The molecule has 28 heavy (non-hydrogen) atoms. The fourth-order valence-electron chi connectivity index (χ4n) is 3.47. The second-order valence-corrected chi connectivity index (χ2v) is 6.81. The molecule has 5 rings (SSSR count). The molecule has 2 N–H and O–H groups in total. The molecule has 0 radical (unpaired) electrons. The van der Waals surface area contributed by atoms with Crippen molar-refractivity contribution < 1.29 is 4.79 Å². The van der Waals surface area contributed by atoms with E-state index in [-0.39, 0.29) is 11.7 Å². The second kappa shape index (κ2) is 6.42. The predicted molar refractivity (Wildman–Crippen MR) is 108 cm³/mol. The molecule has 136 valence electrons. The van der Waals surface area contributed by atoms with Crippen LogP contribution in [0, 0.1) is 0 Å². The number of carbonyl (C=O) groups excluding carboxylic acids is 1. The van der Waals surface area contributed by atoms with Gasteiger partial charge in [-0.25, -0.2) is 4.98 Å². The molecule has 0 fully saturated rings. The third kappa shape index (κ3) is 2.66. The van der Waals surface area contributed by atoms with Gasteiger partial charge in [0.05, 0.1) is 16.6 Å². The van der Waals surface area contributed by atoms with Crippen molar-refractivity contribution in [1.82, 2.24) is 25.1 Å². The maximum absolute atomic E-state index is 12.9. The van der Waals surface area contributed by atoms with Crippen LogP contribution in [0.25, 0.3) is 33.2 Å². The number of benzene rings is 2. The Kier molecular flexibility index (Phi) is 3.76. The molecule has 0 saturated heterocycles. The molecule has 0 aliphatic rings. The monoisotopic (exact) mass is 367 g/mol. The Balaban J connectivity index is 1.57. The summed E-state index contributed by atoms with van der Waals surface area (Å²) in [4.78, 5) is 24.7. The highest BCUT2D eigenvalue weighted by Gasteiger charge is 2.21. The van der Waals surface area contributed by atoms with Gasteiger partial charge in [-0.3, -0.25) is 14.9 Å².